The summed E-state index contributed by atoms with van der Waals surface area (Å²) < 4.78 is 15.2. The number of benzene rings is 2. The third-order valence-electron chi connectivity index (χ3n) is 5.82. The maximum Gasteiger partial charge on any atom is 0.133 e. The summed E-state index contributed by atoms with van der Waals surface area (Å²) in [6.45, 7) is 4.05. The van der Waals surface area contributed by atoms with Gasteiger partial charge >= 0.3 is 0 Å². The van der Waals surface area contributed by atoms with Gasteiger partial charge in [0.1, 0.15) is 5.82 Å². The number of aromatic nitrogens is 2. The summed E-state index contributed by atoms with van der Waals surface area (Å²) in [5, 5.41) is 7.92. The van der Waals surface area contributed by atoms with Crippen LogP contribution in [-0.2, 0) is 0 Å². The molecular formula is C23H26ClFN4. The van der Waals surface area contributed by atoms with Gasteiger partial charge < -0.3 is 9.80 Å². The van der Waals surface area contributed by atoms with E-state index in [0.29, 0.717) is 22.3 Å². The fourth-order valence-corrected chi connectivity index (χ4v) is 4.36. The van der Waals surface area contributed by atoms with Gasteiger partial charge in [0.2, 0.25) is 0 Å². The second kappa shape index (κ2) is 8.17. The third-order valence-corrected chi connectivity index (χ3v) is 6.06. The molecule has 29 heavy (non-hydrogen) atoms. The highest BCUT2D eigenvalue weighted by Gasteiger charge is 2.26. The molecule has 1 aliphatic rings. The van der Waals surface area contributed by atoms with E-state index >= 15 is 4.39 Å². The number of H-pyrrole nitrogens is 1. The Labute approximate surface area is 176 Å². The number of nitrogens with zero attached hydrogens (tertiary/aromatic N) is 3. The molecule has 1 saturated heterocycles. The average Bonchev–Trinajstić information content (AvgIpc) is 3.13. The summed E-state index contributed by atoms with van der Waals surface area (Å²) in [6.07, 6.45) is 2.16. The van der Waals surface area contributed by atoms with E-state index in [1.165, 1.54) is 0 Å². The number of piperidine rings is 1. The minimum absolute atomic E-state index is 0.285. The monoisotopic (exact) mass is 412 g/mol. The Bertz CT molecular complexity index is 1010. The van der Waals surface area contributed by atoms with E-state index in [0.717, 1.165) is 48.4 Å². The second-order valence-corrected chi connectivity index (χ2v) is 8.34. The lowest BCUT2D eigenvalue weighted by molar-refractivity contribution is 0.253. The minimum atomic E-state index is -0.285. The smallest absolute Gasteiger partial charge is 0.133 e. The number of hydrogen-bond donors (Lipinski definition) is 1. The Balaban J connectivity index is 1.89. The van der Waals surface area contributed by atoms with Gasteiger partial charge in [0, 0.05) is 40.6 Å². The predicted octanol–water partition coefficient (Wildman–Crippen LogP) is 5.38. The van der Waals surface area contributed by atoms with E-state index < -0.39 is 0 Å². The molecule has 4 rings (SSSR count). The van der Waals surface area contributed by atoms with E-state index in [-0.39, 0.29) is 5.82 Å². The molecule has 0 bridgehead atoms. The average molecular weight is 413 g/mol. The van der Waals surface area contributed by atoms with Crippen molar-refractivity contribution in [3.05, 3.63) is 59.0 Å². The van der Waals surface area contributed by atoms with Crippen LogP contribution in [-0.4, -0.2) is 48.3 Å². The summed E-state index contributed by atoms with van der Waals surface area (Å²) in [4.78, 5) is 4.65. The van der Waals surface area contributed by atoms with Crippen LogP contribution in [0, 0.1) is 12.7 Å². The molecule has 2 aromatic carbocycles. The molecule has 3 aromatic rings. The largest absolute Gasteiger partial charge is 0.371 e. The van der Waals surface area contributed by atoms with Crippen molar-refractivity contribution in [3.8, 4) is 22.4 Å². The molecular weight excluding hydrogens is 387 g/mol. The van der Waals surface area contributed by atoms with Gasteiger partial charge in [-0.15, -0.1) is 0 Å². The lowest BCUT2D eigenvalue weighted by Gasteiger charge is -2.37. The molecule has 0 radical (unpaired) electrons. The van der Waals surface area contributed by atoms with Gasteiger partial charge in [-0.25, -0.2) is 4.39 Å². The quantitative estimate of drug-likeness (QED) is 0.625. The predicted molar refractivity (Wildman–Crippen MR) is 118 cm³/mol. The van der Waals surface area contributed by atoms with Gasteiger partial charge in [0.15, 0.2) is 0 Å². The molecule has 1 aromatic heterocycles. The van der Waals surface area contributed by atoms with E-state index in [1.54, 1.807) is 6.07 Å². The van der Waals surface area contributed by atoms with Crippen molar-refractivity contribution in [2.45, 2.75) is 25.8 Å². The summed E-state index contributed by atoms with van der Waals surface area (Å²) in [5.41, 5.74) is 4.73. The zero-order valence-corrected chi connectivity index (χ0v) is 17.8. The van der Waals surface area contributed by atoms with Crippen LogP contribution in [0.15, 0.2) is 42.5 Å². The summed E-state index contributed by atoms with van der Waals surface area (Å²) in [5.74, 6) is -0.285. The number of likely N-dealkylation sites (tertiary alicyclic amines) is 1. The summed E-state index contributed by atoms with van der Waals surface area (Å²) in [6, 6.07) is 13.3. The zero-order valence-electron chi connectivity index (χ0n) is 17.0. The Hall–Kier alpha value is -2.37. The third kappa shape index (κ3) is 4.02. The Morgan fingerprint density at radius 2 is 1.90 bits per heavy atom. The molecule has 1 fully saturated rings. The molecule has 1 N–H and O–H groups in total. The summed E-state index contributed by atoms with van der Waals surface area (Å²) >= 11 is 6.30. The van der Waals surface area contributed by atoms with Crippen molar-refractivity contribution in [3.63, 3.8) is 0 Å². The van der Waals surface area contributed by atoms with E-state index in [9.17, 15) is 0 Å². The van der Waals surface area contributed by atoms with Crippen molar-refractivity contribution in [2.24, 2.45) is 0 Å². The van der Waals surface area contributed by atoms with Crippen molar-refractivity contribution < 1.29 is 4.39 Å². The van der Waals surface area contributed by atoms with Gasteiger partial charge in [0.25, 0.3) is 0 Å². The molecule has 0 spiro atoms. The van der Waals surface area contributed by atoms with Crippen LogP contribution in [0.4, 0.5) is 10.1 Å². The number of aryl methyl sites for hydroxylation is 1. The number of hydrogen-bond acceptors (Lipinski definition) is 3. The van der Waals surface area contributed by atoms with Crippen molar-refractivity contribution in [1.29, 1.82) is 0 Å². The SMILES string of the molecule is Cc1cc(-c2c(F)ccc(N(C)C3CCN(C)CC3)c2-c2cccc(Cl)c2)n[nH]1. The molecule has 4 nitrogen and oxygen atoms in total. The minimum Gasteiger partial charge on any atom is -0.371 e. The number of nitrogens with one attached hydrogen (secondary N) is 1. The molecule has 0 amide bonds. The number of anilines is 1. The van der Waals surface area contributed by atoms with Gasteiger partial charge in [-0.05, 0) is 75.8 Å². The number of aromatic amines is 1. The van der Waals surface area contributed by atoms with Crippen LogP contribution in [0.2, 0.25) is 5.02 Å². The van der Waals surface area contributed by atoms with E-state index in [2.05, 4.69) is 34.1 Å². The van der Waals surface area contributed by atoms with Gasteiger partial charge in [-0.3, -0.25) is 5.10 Å². The molecule has 1 aliphatic heterocycles. The normalized spacial score (nSPS) is 15.6. The summed E-state index contributed by atoms with van der Waals surface area (Å²) in [7, 11) is 4.26. The van der Waals surface area contributed by atoms with Gasteiger partial charge in [-0.1, -0.05) is 23.7 Å². The molecule has 152 valence electrons. The van der Waals surface area contributed by atoms with Gasteiger partial charge in [-0.2, -0.15) is 5.10 Å². The maximum atomic E-state index is 15.2. The highest BCUT2D eigenvalue weighted by atomic mass is 35.5. The highest BCUT2D eigenvalue weighted by molar-refractivity contribution is 6.30. The lowest BCUT2D eigenvalue weighted by atomic mass is 9.93. The Morgan fingerprint density at radius 1 is 1.14 bits per heavy atom. The van der Waals surface area contributed by atoms with Crippen LogP contribution in [0.5, 0.6) is 0 Å². The van der Waals surface area contributed by atoms with Crippen molar-refractivity contribution >= 4 is 17.3 Å². The van der Waals surface area contributed by atoms with E-state index in [1.807, 2.05) is 43.3 Å². The topological polar surface area (TPSA) is 35.2 Å². The standard InChI is InChI=1S/C23H26ClFN4/c1-15-13-20(27-26-15)23-19(25)7-8-21(22(23)16-5-4-6-17(24)14-16)29(3)18-9-11-28(2)12-10-18/h4-8,13-14,18H,9-12H2,1-3H3,(H,26,27). The first-order valence-electron chi connectivity index (χ1n) is 9.96. The first kappa shape index (κ1) is 19.9. The molecule has 0 atom stereocenters. The van der Waals surface area contributed by atoms with Crippen LogP contribution in [0.1, 0.15) is 18.5 Å². The van der Waals surface area contributed by atoms with Gasteiger partial charge in [0.05, 0.1) is 5.69 Å². The molecule has 6 heteroatoms. The lowest BCUT2D eigenvalue weighted by Crippen LogP contribution is -2.42. The van der Waals surface area contributed by atoms with Crippen LogP contribution >= 0.6 is 11.6 Å². The molecule has 0 aliphatic carbocycles. The maximum absolute atomic E-state index is 15.2. The van der Waals surface area contributed by atoms with Crippen LogP contribution in [0.25, 0.3) is 22.4 Å². The fourth-order valence-electron chi connectivity index (χ4n) is 4.17. The van der Waals surface area contributed by atoms with Crippen molar-refractivity contribution in [1.82, 2.24) is 15.1 Å². The molecule has 0 saturated carbocycles. The first-order chi connectivity index (χ1) is 13.9. The molecule has 2 heterocycles. The van der Waals surface area contributed by atoms with E-state index in [4.69, 9.17) is 11.6 Å². The highest BCUT2D eigenvalue weighted by Crippen LogP contribution is 2.42. The number of halogens is 2. The first-order valence-corrected chi connectivity index (χ1v) is 10.3. The zero-order chi connectivity index (χ0) is 20.5. The molecule has 0 unspecified atom stereocenters. The number of rotatable bonds is 4. The fraction of sp³-hybridized carbons (Fsp3) is 0.348. The Morgan fingerprint density at radius 3 is 2.55 bits per heavy atom. The van der Waals surface area contributed by atoms with Crippen molar-refractivity contribution in [2.75, 3.05) is 32.1 Å². The Kier molecular flexibility index (Phi) is 5.61. The van der Waals surface area contributed by atoms with Crippen LogP contribution < -0.4 is 4.90 Å². The second-order valence-electron chi connectivity index (χ2n) is 7.91. The van der Waals surface area contributed by atoms with Crippen LogP contribution in [0.3, 0.4) is 0 Å².